The van der Waals surface area contributed by atoms with Gasteiger partial charge >= 0.3 is 0 Å². The van der Waals surface area contributed by atoms with Crippen LogP contribution in [-0.4, -0.2) is 14.6 Å². The molecule has 0 amide bonds. The van der Waals surface area contributed by atoms with Gasteiger partial charge in [-0.2, -0.15) is 0 Å². The van der Waals surface area contributed by atoms with Gasteiger partial charge < -0.3 is 0 Å². The molecule has 0 aromatic heterocycles. The first-order valence-corrected chi connectivity index (χ1v) is 3.82. The highest BCUT2D eigenvalue weighted by Crippen LogP contribution is 2.43. The number of rotatable bonds is 1. The molecule has 0 aliphatic carbocycles. The van der Waals surface area contributed by atoms with Gasteiger partial charge in [0.05, 0.1) is 0 Å². The first kappa shape index (κ1) is 11.3. The number of halogens is 7. The van der Waals surface area contributed by atoms with E-state index in [1.54, 1.807) is 0 Å². The van der Waals surface area contributed by atoms with Crippen LogP contribution in [0.4, 0.5) is 8.78 Å². The minimum Gasteiger partial charge on any atom is -0.236 e. The van der Waals surface area contributed by atoms with Crippen LogP contribution in [0.2, 0.25) is 0 Å². The largest absolute Gasteiger partial charge is 0.292 e. The van der Waals surface area contributed by atoms with Crippen LogP contribution < -0.4 is 0 Å². The van der Waals surface area contributed by atoms with E-state index < -0.39 is 14.6 Å². The zero-order valence-electron chi connectivity index (χ0n) is 4.22. The summed E-state index contributed by atoms with van der Waals surface area (Å²) < 4.78 is 18.9. The highest BCUT2D eigenvalue weighted by Gasteiger charge is 2.48. The molecular weight excluding hydrogens is 251 g/mol. The zero-order chi connectivity index (χ0) is 8.58. The van der Waals surface area contributed by atoms with Crippen molar-refractivity contribution >= 4 is 58.0 Å². The van der Waals surface area contributed by atoms with Gasteiger partial charge in [0, 0.05) is 0 Å². The van der Waals surface area contributed by atoms with E-state index in [-0.39, 0.29) is 0 Å². The molecular formula is C3HCl5F2. The summed E-state index contributed by atoms with van der Waals surface area (Å²) in [4.78, 5) is 0. The maximum atomic E-state index is 12.4. The summed E-state index contributed by atoms with van der Waals surface area (Å²) in [5.41, 5.74) is 0. The molecule has 10 heavy (non-hydrogen) atoms. The molecule has 7 heteroatoms. The Morgan fingerprint density at radius 3 is 1.30 bits per heavy atom. The van der Waals surface area contributed by atoms with Gasteiger partial charge in [0.2, 0.25) is 9.96 Å². The molecule has 62 valence electrons. The van der Waals surface area contributed by atoms with E-state index >= 15 is 0 Å². The van der Waals surface area contributed by atoms with Crippen LogP contribution in [0, 0.1) is 0 Å². The molecule has 1 unspecified atom stereocenters. The van der Waals surface area contributed by atoms with Gasteiger partial charge in [-0.15, -0.1) is 0 Å². The molecule has 0 radical (unpaired) electrons. The Labute approximate surface area is 81.3 Å². The smallest absolute Gasteiger partial charge is 0.236 e. The van der Waals surface area contributed by atoms with Gasteiger partial charge in [-0.05, 0) is 0 Å². The molecule has 0 fully saturated rings. The van der Waals surface area contributed by atoms with Crippen molar-refractivity contribution in [3.63, 3.8) is 0 Å². The number of hydrogen-bond donors (Lipinski definition) is 0. The molecule has 0 bridgehead atoms. The lowest BCUT2D eigenvalue weighted by Crippen LogP contribution is -2.34. The van der Waals surface area contributed by atoms with Crippen LogP contribution >= 0.6 is 58.0 Å². The SMILES string of the molecule is FC(C(F)(Cl)Cl)C(Cl)(Cl)Cl. The average molecular weight is 252 g/mol. The molecule has 0 aliphatic heterocycles. The summed E-state index contributed by atoms with van der Waals surface area (Å²) in [5.74, 6) is 0. The monoisotopic (exact) mass is 250 g/mol. The van der Waals surface area contributed by atoms with Gasteiger partial charge in [-0.3, -0.25) is 0 Å². The van der Waals surface area contributed by atoms with E-state index in [9.17, 15) is 8.78 Å². The zero-order valence-corrected chi connectivity index (χ0v) is 8.00. The molecule has 0 aromatic carbocycles. The topological polar surface area (TPSA) is 0 Å². The highest BCUT2D eigenvalue weighted by atomic mass is 35.6. The van der Waals surface area contributed by atoms with Crippen LogP contribution in [0.25, 0.3) is 0 Å². The van der Waals surface area contributed by atoms with Crippen molar-refractivity contribution in [3.05, 3.63) is 0 Å². The van der Waals surface area contributed by atoms with E-state index in [4.69, 9.17) is 34.8 Å². The lowest BCUT2D eigenvalue weighted by atomic mass is 10.5. The summed E-state index contributed by atoms with van der Waals surface area (Å²) in [6, 6.07) is 0. The Balaban J connectivity index is 4.23. The third-order valence-corrected chi connectivity index (χ3v) is 1.53. The summed E-state index contributed by atoms with van der Waals surface area (Å²) in [5, 5.41) is 0. The Hall–Kier alpha value is 1.31. The van der Waals surface area contributed by atoms with E-state index in [1.807, 2.05) is 0 Å². The first-order valence-electron chi connectivity index (χ1n) is 1.93. The van der Waals surface area contributed by atoms with Crippen molar-refractivity contribution in [1.82, 2.24) is 0 Å². The second kappa shape index (κ2) is 3.36. The second-order valence-electron chi connectivity index (χ2n) is 1.45. The van der Waals surface area contributed by atoms with E-state index in [1.165, 1.54) is 0 Å². The number of hydrogen-bond acceptors (Lipinski definition) is 0. The molecule has 1 atom stereocenters. The van der Waals surface area contributed by atoms with Crippen LogP contribution in [0.15, 0.2) is 0 Å². The summed E-state index contributed by atoms with van der Waals surface area (Å²) in [6.07, 6.45) is -2.58. The van der Waals surface area contributed by atoms with Crippen LogP contribution in [0.3, 0.4) is 0 Å². The Bertz CT molecular complexity index is 99.0. The Morgan fingerprint density at radius 1 is 1.00 bits per heavy atom. The van der Waals surface area contributed by atoms with Gasteiger partial charge in [0.15, 0.2) is 0 Å². The minimum absolute atomic E-state index is 2.45. The first-order chi connectivity index (χ1) is 4.15. The van der Waals surface area contributed by atoms with Gasteiger partial charge in [-0.25, -0.2) is 8.78 Å². The fourth-order valence-corrected chi connectivity index (χ4v) is 1.30. The van der Waals surface area contributed by atoms with Crippen LogP contribution in [-0.2, 0) is 0 Å². The molecule has 0 spiro atoms. The normalized spacial score (nSPS) is 17.1. The van der Waals surface area contributed by atoms with E-state index in [0.717, 1.165) is 0 Å². The maximum Gasteiger partial charge on any atom is 0.292 e. The summed E-state index contributed by atoms with van der Waals surface area (Å²) in [6.45, 7) is 0. The van der Waals surface area contributed by atoms with Crippen molar-refractivity contribution in [3.8, 4) is 0 Å². The molecule has 0 aliphatic rings. The number of alkyl halides is 7. The highest BCUT2D eigenvalue weighted by molar-refractivity contribution is 6.69. The molecule has 0 rings (SSSR count). The maximum absolute atomic E-state index is 12.4. The third kappa shape index (κ3) is 3.63. The Morgan fingerprint density at radius 2 is 1.30 bits per heavy atom. The second-order valence-corrected chi connectivity index (χ2v) is 5.11. The lowest BCUT2D eigenvalue weighted by molar-refractivity contribution is 0.201. The molecule has 0 heterocycles. The van der Waals surface area contributed by atoms with Crippen molar-refractivity contribution in [1.29, 1.82) is 0 Å². The van der Waals surface area contributed by atoms with Crippen molar-refractivity contribution in [2.75, 3.05) is 0 Å². The fourth-order valence-electron chi connectivity index (χ4n) is 0.186. The van der Waals surface area contributed by atoms with Gasteiger partial charge in [0.25, 0.3) is 4.59 Å². The third-order valence-electron chi connectivity index (χ3n) is 0.575. The molecule has 0 nitrogen and oxygen atoms in total. The Kier molecular flexibility index (Phi) is 3.80. The van der Waals surface area contributed by atoms with Gasteiger partial charge in [0.1, 0.15) is 0 Å². The van der Waals surface area contributed by atoms with Crippen LogP contribution in [0.1, 0.15) is 0 Å². The molecule has 0 saturated carbocycles. The van der Waals surface area contributed by atoms with Crippen LogP contribution in [0.5, 0.6) is 0 Å². The quantitative estimate of drug-likeness (QED) is 0.623. The van der Waals surface area contributed by atoms with Crippen molar-refractivity contribution in [2.45, 2.75) is 14.6 Å². The predicted molar refractivity (Wildman–Crippen MR) is 40.7 cm³/mol. The minimum atomic E-state index is -3.18. The summed E-state index contributed by atoms with van der Waals surface area (Å²) >= 11 is 24.0. The van der Waals surface area contributed by atoms with Gasteiger partial charge in [-0.1, -0.05) is 58.0 Å². The fraction of sp³-hybridized carbons (Fsp3) is 1.00. The van der Waals surface area contributed by atoms with Crippen molar-refractivity contribution in [2.24, 2.45) is 0 Å². The average Bonchev–Trinajstić information content (AvgIpc) is 1.59. The summed E-state index contributed by atoms with van der Waals surface area (Å²) in [7, 11) is 0. The molecule has 0 saturated heterocycles. The van der Waals surface area contributed by atoms with E-state index in [2.05, 4.69) is 23.2 Å². The predicted octanol–water partition coefficient (Wildman–Crippen LogP) is 3.80. The molecule has 0 N–H and O–H groups in total. The standard InChI is InChI=1S/C3HCl5F2/c4-2(5,6)1(9)3(7,8)10/h1H. The lowest BCUT2D eigenvalue weighted by Gasteiger charge is -2.21. The van der Waals surface area contributed by atoms with Crippen molar-refractivity contribution < 1.29 is 8.78 Å². The van der Waals surface area contributed by atoms with E-state index in [0.29, 0.717) is 0 Å². The molecule has 0 aromatic rings.